The molecule has 0 fully saturated rings. The summed E-state index contributed by atoms with van der Waals surface area (Å²) in [5, 5.41) is 3.35. The molecule has 0 N–H and O–H groups in total. The molecule has 1 aliphatic heterocycles. The molecule has 0 saturated carbocycles. The summed E-state index contributed by atoms with van der Waals surface area (Å²) in [5.41, 5.74) is 8.83. The predicted molar refractivity (Wildman–Crippen MR) is 53.9 cm³/mol. The summed E-state index contributed by atoms with van der Waals surface area (Å²) in [7, 11) is -0.468. The first-order valence-corrected chi connectivity index (χ1v) is 4.99. The summed E-state index contributed by atoms with van der Waals surface area (Å²) in [6.45, 7) is 3.70. The third-order valence-electron chi connectivity index (χ3n) is 1.95. The second-order valence-corrected chi connectivity index (χ2v) is 4.38. The van der Waals surface area contributed by atoms with Gasteiger partial charge in [0.2, 0.25) is 0 Å². The highest BCUT2D eigenvalue weighted by Gasteiger charge is 2.26. The SMILES string of the molecule is C=S1C(C)=C(C)C(=O)N1CN=[N+]=[N-]. The molecule has 1 unspecified atom stereocenters. The smallest absolute Gasteiger partial charge is 0.260 e. The van der Waals surface area contributed by atoms with Crippen LogP contribution < -0.4 is 0 Å². The van der Waals surface area contributed by atoms with Gasteiger partial charge in [0.05, 0.1) is 0 Å². The molecule has 0 spiro atoms. The molecular weight excluding hydrogens is 188 g/mol. The molecular formula is C7H10N4OS. The number of nitrogens with zero attached hydrogens (tertiary/aromatic N) is 4. The normalized spacial score (nSPS) is 22.2. The second-order valence-electron chi connectivity index (χ2n) is 2.60. The molecule has 0 radical (unpaired) electrons. The summed E-state index contributed by atoms with van der Waals surface area (Å²) in [4.78, 5) is 15.1. The van der Waals surface area contributed by atoms with Crippen molar-refractivity contribution in [1.29, 1.82) is 0 Å². The molecule has 0 saturated heterocycles. The van der Waals surface area contributed by atoms with Crippen LogP contribution in [0.4, 0.5) is 0 Å². The van der Waals surface area contributed by atoms with Gasteiger partial charge in [-0.3, -0.25) is 9.10 Å². The van der Waals surface area contributed by atoms with E-state index in [-0.39, 0.29) is 12.6 Å². The lowest BCUT2D eigenvalue weighted by atomic mass is 10.3. The van der Waals surface area contributed by atoms with E-state index in [0.717, 1.165) is 4.91 Å². The van der Waals surface area contributed by atoms with Crippen molar-refractivity contribution in [1.82, 2.24) is 4.31 Å². The Bertz CT molecular complexity index is 330. The molecule has 0 aromatic rings. The van der Waals surface area contributed by atoms with Gasteiger partial charge in [-0.05, 0) is 19.4 Å². The predicted octanol–water partition coefficient (Wildman–Crippen LogP) is 2.01. The zero-order valence-corrected chi connectivity index (χ0v) is 8.34. The van der Waals surface area contributed by atoms with Crippen LogP contribution in [0.2, 0.25) is 0 Å². The highest BCUT2D eigenvalue weighted by atomic mass is 32.2. The van der Waals surface area contributed by atoms with Gasteiger partial charge in [-0.2, -0.15) is 0 Å². The molecule has 6 heteroatoms. The molecule has 1 amide bonds. The fourth-order valence-corrected chi connectivity index (χ4v) is 2.30. The Morgan fingerprint density at radius 3 is 2.69 bits per heavy atom. The van der Waals surface area contributed by atoms with E-state index >= 15 is 0 Å². The number of allylic oxidation sites excluding steroid dienone is 1. The van der Waals surface area contributed by atoms with Crippen molar-refractivity contribution in [2.45, 2.75) is 13.8 Å². The van der Waals surface area contributed by atoms with Gasteiger partial charge in [0.15, 0.2) is 0 Å². The molecule has 0 aromatic carbocycles. The Morgan fingerprint density at radius 1 is 1.69 bits per heavy atom. The minimum Gasteiger partial charge on any atom is -0.279 e. The molecule has 0 bridgehead atoms. The molecule has 1 aliphatic rings. The van der Waals surface area contributed by atoms with E-state index in [1.165, 1.54) is 4.31 Å². The third kappa shape index (κ3) is 1.59. The van der Waals surface area contributed by atoms with E-state index in [1.807, 2.05) is 6.92 Å². The Labute approximate surface area is 78.7 Å². The monoisotopic (exact) mass is 198 g/mol. The van der Waals surface area contributed by atoms with Crippen LogP contribution in [-0.2, 0) is 4.79 Å². The Balaban J connectivity index is 2.90. The molecule has 5 nitrogen and oxygen atoms in total. The van der Waals surface area contributed by atoms with Gasteiger partial charge in [0.25, 0.3) is 5.91 Å². The maximum Gasteiger partial charge on any atom is 0.260 e. The van der Waals surface area contributed by atoms with Crippen LogP contribution in [0.3, 0.4) is 0 Å². The number of hydrogen-bond acceptors (Lipinski definition) is 2. The summed E-state index contributed by atoms with van der Waals surface area (Å²) >= 11 is 0. The third-order valence-corrected chi connectivity index (χ3v) is 3.78. The van der Waals surface area contributed by atoms with Crippen molar-refractivity contribution in [3.05, 3.63) is 20.9 Å². The number of carbonyl (C=O) groups is 1. The van der Waals surface area contributed by atoms with Gasteiger partial charge in [0, 0.05) is 15.4 Å². The van der Waals surface area contributed by atoms with E-state index < -0.39 is 10.7 Å². The topological polar surface area (TPSA) is 69.1 Å². The fourth-order valence-electron chi connectivity index (χ4n) is 0.999. The van der Waals surface area contributed by atoms with Crippen LogP contribution >= 0.6 is 10.7 Å². The average molecular weight is 198 g/mol. The molecule has 1 rings (SSSR count). The van der Waals surface area contributed by atoms with Gasteiger partial charge in [-0.15, -0.1) is 0 Å². The zero-order valence-electron chi connectivity index (χ0n) is 7.52. The molecule has 0 aliphatic carbocycles. The van der Waals surface area contributed by atoms with Crippen molar-refractivity contribution in [3.63, 3.8) is 0 Å². The maximum absolute atomic E-state index is 11.5. The number of hydrogen-bond donors (Lipinski definition) is 0. The lowest BCUT2D eigenvalue weighted by Gasteiger charge is -2.15. The van der Waals surface area contributed by atoms with Gasteiger partial charge in [-0.1, -0.05) is 21.7 Å². The zero-order chi connectivity index (χ0) is 10.0. The highest BCUT2D eigenvalue weighted by molar-refractivity contribution is 8.16. The van der Waals surface area contributed by atoms with Crippen molar-refractivity contribution in [2.75, 3.05) is 6.67 Å². The summed E-state index contributed by atoms with van der Waals surface area (Å²) in [6, 6.07) is 0. The van der Waals surface area contributed by atoms with Crippen LogP contribution in [0.15, 0.2) is 15.6 Å². The van der Waals surface area contributed by atoms with Crippen LogP contribution in [0.5, 0.6) is 0 Å². The molecule has 13 heavy (non-hydrogen) atoms. The van der Waals surface area contributed by atoms with Gasteiger partial charge >= 0.3 is 0 Å². The average Bonchev–Trinajstić information content (AvgIpc) is 2.30. The lowest BCUT2D eigenvalue weighted by Crippen LogP contribution is -2.21. The quantitative estimate of drug-likeness (QED) is 0.289. The van der Waals surface area contributed by atoms with E-state index in [9.17, 15) is 4.79 Å². The maximum atomic E-state index is 11.5. The second kappa shape index (κ2) is 3.64. The standard InChI is InChI=1S/C7H10N4OS/c1-5-6(2)13(3)11(7(5)12)4-9-10-8/h3-4H2,1-2H3. The largest absolute Gasteiger partial charge is 0.279 e. The van der Waals surface area contributed by atoms with Gasteiger partial charge in [-0.25, -0.2) is 0 Å². The van der Waals surface area contributed by atoms with E-state index in [0.29, 0.717) is 5.57 Å². The van der Waals surface area contributed by atoms with Crippen LogP contribution in [0, 0.1) is 0 Å². The highest BCUT2D eigenvalue weighted by Crippen LogP contribution is 2.37. The number of rotatable bonds is 2. The lowest BCUT2D eigenvalue weighted by molar-refractivity contribution is -0.121. The Hall–Kier alpha value is -1.26. The summed E-state index contributed by atoms with van der Waals surface area (Å²) in [6.07, 6.45) is 0. The minimum absolute atomic E-state index is 0.0661. The fraction of sp³-hybridized carbons (Fsp3) is 0.429. The van der Waals surface area contributed by atoms with Gasteiger partial charge < -0.3 is 0 Å². The number of azide groups is 1. The van der Waals surface area contributed by atoms with Gasteiger partial charge in [0.1, 0.15) is 6.67 Å². The van der Waals surface area contributed by atoms with Crippen LogP contribution in [0.1, 0.15) is 13.8 Å². The first-order valence-electron chi connectivity index (χ1n) is 3.64. The van der Waals surface area contributed by atoms with Crippen molar-refractivity contribution in [3.8, 4) is 0 Å². The Kier molecular flexibility index (Phi) is 2.75. The Morgan fingerprint density at radius 2 is 2.31 bits per heavy atom. The first-order chi connectivity index (χ1) is 6.09. The first kappa shape index (κ1) is 9.83. The van der Waals surface area contributed by atoms with Crippen molar-refractivity contribution >= 4 is 22.4 Å². The van der Waals surface area contributed by atoms with Crippen molar-refractivity contribution < 1.29 is 4.79 Å². The molecule has 1 atom stereocenters. The van der Waals surface area contributed by atoms with E-state index in [1.54, 1.807) is 6.92 Å². The summed E-state index contributed by atoms with van der Waals surface area (Å²) < 4.78 is 1.48. The number of amides is 1. The molecule has 1 heterocycles. The van der Waals surface area contributed by atoms with Crippen LogP contribution in [0.25, 0.3) is 10.4 Å². The molecule has 70 valence electrons. The van der Waals surface area contributed by atoms with E-state index in [2.05, 4.69) is 15.9 Å². The van der Waals surface area contributed by atoms with Crippen molar-refractivity contribution in [2.24, 2.45) is 5.11 Å². The van der Waals surface area contributed by atoms with E-state index in [4.69, 9.17) is 5.53 Å². The molecule has 0 aromatic heterocycles. The van der Waals surface area contributed by atoms with Crippen LogP contribution in [-0.4, -0.2) is 22.8 Å². The minimum atomic E-state index is -0.468. The summed E-state index contributed by atoms with van der Waals surface area (Å²) in [5.74, 6) is 3.77. The number of carbonyl (C=O) groups excluding carboxylic acids is 1.